The maximum Gasteiger partial charge on any atom is 0.264 e. The molecule has 2 aliphatic rings. The standard InChI is InChI=1S/C21H24FN3O3S/c1-15-13-17-14-16(21(26)24-11-9-23(2)10-12-24)3-8-20(17)25(15)29(27,28)19-6-4-18(22)5-7-19/h3-8,14-15H,9-13H2,1-2H3/t15-/m0/s1. The summed E-state index contributed by atoms with van der Waals surface area (Å²) in [5, 5.41) is 0. The van der Waals surface area contributed by atoms with Gasteiger partial charge in [-0.3, -0.25) is 9.10 Å². The minimum absolute atomic E-state index is 0.0200. The number of amides is 1. The Labute approximate surface area is 170 Å². The summed E-state index contributed by atoms with van der Waals surface area (Å²) in [4.78, 5) is 16.9. The van der Waals surface area contributed by atoms with Crippen LogP contribution in [0.5, 0.6) is 0 Å². The maximum absolute atomic E-state index is 13.2. The van der Waals surface area contributed by atoms with Crippen molar-refractivity contribution >= 4 is 21.6 Å². The van der Waals surface area contributed by atoms with Gasteiger partial charge in [0.05, 0.1) is 10.6 Å². The summed E-state index contributed by atoms with van der Waals surface area (Å²) < 4.78 is 40.9. The number of sulfonamides is 1. The van der Waals surface area contributed by atoms with Crippen molar-refractivity contribution in [3.63, 3.8) is 0 Å². The number of hydrogen-bond acceptors (Lipinski definition) is 4. The average molecular weight is 418 g/mol. The van der Waals surface area contributed by atoms with Crippen molar-refractivity contribution in [3.8, 4) is 0 Å². The van der Waals surface area contributed by atoms with E-state index < -0.39 is 15.8 Å². The van der Waals surface area contributed by atoms with E-state index in [1.54, 1.807) is 12.1 Å². The Morgan fingerprint density at radius 3 is 2.34 bits per heavy atom. The van der Waals surface area contributed by atoms with Crippen LogP contribution in [0.15, 0.2) is 47.4 Å². The van der Waals surface area contributed by atoms with Crippen LogP contribution in [0.4, 0.5) is 10.1 Å². The van der Waals surface area contributed by atoms with Crippen molar-refractivity contribution in [2.24, 2.45) is 0 Å². The van der Waals surface area contributed by atoms with Gasteiger partial charge in [0.15, 0.2) is 0 Å². The molecular formula is C21H24FN3O3S. The van der Waals surface area contributed by atoms with Crippen molar-refractivity contribution in [2.45, 2.75) is 24.3 Å². The fraction of sp³-hybridized carbons (Fsp3) is 0.381. The molecule has 154 valence electrons. The van der Waals surface area contributed by atoms with E-state index in [1.807, 2.05) is 24.9 Å². The third-order valence-electron chi connectivity index (χ3n) is 5.64. The maximum atomic E-state index is 13.2. The number of piperazine rings is 1. The quantitative estimate of drug-likeness (QED) is 0.769. The first kappa shape index (κ1) is 19.8. The summed E-state index contributed by atoms with van der Waals surface area (Å²) in [6.45, 7) is 4.90. The summed E-state index contributed by atoms with van der Waals surface area (Å²) in [7, 11) is -1.78. The van der Waals surface area contributed by atoms with E-state index in [2.05, 4.69) is 4.90 Å². The van der Waals surface area contributed by atoms with Crippen LogP contribution in [-0.2, 0) is 16.4 Å². The van der Waals surface area contributed by atoms with Gasteiger partial charge in [0.2, 0.25) is 0 Å². The van der Waals surface area contributed by atoms with E-state index in [0.29, 0.717) is 30.8 Å². The lowest BCUT2D eigenvalue weighted by atomic mass is 10.1. The number of carbonyl (C=O) groups excluding carboxylic acids is 1. The van der Waals surface area contributed by atoms with Crippen molar-refractivity contribution in [1.82, 2.24) is 9.80 Å². The minimum Gasteiger partial charge on any atom is -0.336 e. The first-order valence-corrected chi connectivity index (χ1v) is 11.1. The van der Waals surface area contributed by atoms with E-state index in [4.69, 9.17) is 0 Å². The molecule has 2 aliphatic heterocycles. The molecule has 29 heavy (non-hydrogen) atoms. The molecule has 1 fully saturated rings. The van der Waals surface area contributed by atoms with Crippen LogP contribution in [0, 0.1) is 5.82 Å². The molecule has 1 atom stereocenters. The van der Waals surface area contributed by atoms with Crippen molar-refractivity contribution in [3.05, 3.63) is 59.4 Å². The smallest absolute Gasteiger partial charge is 0.264 e. The van der Waals surface area contributed by atoms with Gasteiger partial charge in [-0.1, -0.05) is 0 Å². The van der Waals surface area contributed by atoms with E-state index >= 15 is 0 Å². The number of nitrogens with zero attached hydrogens (tertiary/aromatic N) is 3. The molecule has 1 amide bonds. The fourth-order valence-electron chi connectivity index (χ4n) is 4.01. The molecule has 0 spiro atoms. The fourth-order valence-corrected chi connectivity index (χ4v) is 5.71. The monoisotopic (exact) mass is 417 g/mol. The molecule has 1 saturated heterocycles. The van der Waals surface area contributed by atoms with Gasteiger partial charge in [-0.15, -0.1) is 0 Å². The summed E-state index contributed by atoms with van der Waals surface area (Å²) in [6, 6.07) is 9.79. The third kappa shape index (κ3) is 3.62. The number of likely N-dealkylation sites (N-methyl/N-ethyl adjacent to an activating group) is 1. The number of halogens is 1. The van der Waals surface area contributed by atoms with Crippen LogP contribution in [0.1, 0.15) is 22.8 Å². The number of fused-ring (bicyclic) bond motifs is 1. The average Bonchev–Trinajstić information content (AvgIpc) is 3.04. The second kappa shape index (κ2) is 7.42. The van der Waals surface area contributed by atoms with E-state index in [9.17, 15) is 17.6 Å². The molecule has 2 heterocycles. The molecule has 2 aromatic rings. The van der Waals surface area contributed by atoms with E-state index in [-0.39, 0.29) is 16.8 Å². The van der Waals surface area contributed by atoms with Crippen molar-refractivity contribution in [1.29, 1.82) is 0 Å². The highest BCUT2D eigenvalue weighted by atomic mass is 32.2. The normalized spacial score (nSPS) is 20.0. The lowest BCUT2D eigenvalue weighted by molar-refractivity contribution is 0.0664. The van der Waals surface area contributed by atoms with Crippen LogP contribution in [0.25, 0.3) is 0 Å². The van der Waals surface area contributed by atoms with E-state index in [0.717, 1.165) is 30.8 Å². The van der Waals surface area contributed by atoms with Crippen molar-refractivity contribution in [2.75, 3.05) is 37.5 Å². The Balaban J connectivity index is 1.63. The number of benzene rings is 2. The minimum atomic E-state index is -3.81. The van der Waals surface area contributed by atoms with Gasteiger partial charge >= 0.3 is 0 Å². The third-order valence-corrected chi connectivity index (χ3v) is 7.58. The van der Waals surface area contributed by atoms with Gasteiger partial charge < -0.3 is 9.80 Å². The van der Waals surface area contributed by atoms with Gasteiger partial charge in [0, 0.05) is 37.8 Å². The molecule has 4 rings (SSSR count). The zero-order valence-electron chi connectivity index (χ0n) is 16.5. The highest BCUT2D eigenvalue weighted by molar-refractivity contribution is 7.92. The second-order valence-electron chi connectivity index (χ2n) is 7.75. The van der Waals surface area contributed by atoms with Crippen LogP contribution in [-0.4, -0.2) is 63.4 Å². The zero-order valence-corrected chi connectivity index (χ0v) is 17.3. The molecular weight excluding hydrogens is 393 g/mol. The Hall–Kier alpha value is -2.45. The lowest BCUT2D eigenvalue weighted by Crippen LogP contribution is -2.47. The van der Waals surface area contributed by atoms with Crippen LogP contribution in [0.2, 0.25) is 0 Å². The number of rotatable bonds is 3. The Bertz CT molecular complexity index is 1030. The first-order valence-electron chi connectivity index (χ1n) is 9.68. The van der Waals surface area contributed by atoms with Crippen molar-refractivity contribution < 1.29 is 17.6 Å². The number of anilines is 1. The highest BCUT2D eigenvalue weighted by Crippen LogP contribution is 2.37. The molecule has 2 aromatic carbocycles. The number of carbonyl (C=O) groups is 1. The molecule has 0 saturated carbocycles. The van der Waals surface area contributed by atoms with Gasteiger partial charge in [0.1, 0.15) is 5.82 Å². The van der Waals surface area contributed by atoms with Gasteiger partial charge in [-0.2, -0.15) is 0 Å². The van der Waals surface area contributed by atoms with Crippen LogP contribution >= 0.6 is 0 Å². The zero-order chi connectivity index (χ0) is 20.8. The highest BCUT2D eigenvalue weighted by Gasteiger charge is 2.36. The Kier molecular flexibility index (Phi) is 5.08. The summed E-state index contributed by atoms with van der Waals surface area (Å²) in [6.07, 6.45) is 0.527. The van der Waals surface area contributed by atoms with Gasteiger partial charge in [-0.05, 0) is 68.4 Å². The van der Waals surface area contributed by atoms with Crippen LogP contribution in [0.3, 0.4) is 0 Å². The number of hydrogen-bond donors (Lipinski definition) is 0. The second-order valence-corrected chi connectivity index (χ2v) is 9.56. The molecule has 0 radical (unpaired) electrons. The molecule has 0 unspecified atom stereocenters. The molecule has 8 heteroatoms. The predicted octanol–water partition coefficient (Wildman–Crippen LogP) is 2.35. The first-order chi connectivity index (χ1) is 13.8. The molecule has 0 N–H and O–H groups in total. The topological polar surface area (TPSA) is 60.9 Å². The summed E-state index contributed by atoms with van der Waals surface area (Å²) in [5.41, 5.74) is 2.00. The molecule has 0 aliphatic carbocycles. The lowest BCUT2D eigenvalue weighted by Gasteiger charge is -2.32. The van der Waals surface area contributed by atoms with E-state index in [1.165, 1.54) is 16.4 Å². The van der Waals surface area contributed by atoms with Crippen LogP contribution < -0.4 is 4.31 Å². The Morgan fingerprint density at radius 2 is 1.69 bits per heavy atom. The molecule has 0 aromatic heterocycles. The Morgan fingerprint density at radius 1 is 1.03 bits per heavy atom. The largest absolute Gasteiger partial charge is 0.336 e. The predicted molar refractivity (Wildman–Crippen MR) is 109 cm³/mol. The summed E-state index contributed by atoms with van der Waals surface area (Å²) in [5.74, 6) is -0.501. The summed E-state index contributed by atoms with van der Waals surface area (Å²) >= 11 is 0. The van der Waals surface area contributed by atoms with Gasteiger partial charge in [0.25, 0.3) is 15.9 Å². The SMILES string of the molecule is C[C@H]1Cc2cc(C(=O)N3CCN(C)CC3)ccc2N1S(=O)(=O)c1ccc(F)cc1. The van der Waals surface area contributed by atoms with Gasteiger partial charge in [-0.25, -0.2) is 12.8 Å². The molecule has 0 bridgehead atoms. The molecule has 6 nitrogen and oxygen atoms in total.